The van der Waals surface area contributed by atoms with Crippen LogP contribution in [0, 0.1) is 5.82 Å². The van der Waals surface area contributed by atoms with Gasteiger partial charge in [0.05, 0.1) is 35.1 Å². The molecule has 1 aromatic carbocycles. The first-order valence-electron chi connectivity index (χ1n) is 12.4. The Labute approximate surface area is 216 Å². The molecule has 2 aromatic heterocycles. The Kier molecular flexibility index (Phi) is 6.09. The van der Waals surface area contributed by atoms with E-state index in [-0.39, 0.29) is 35.4 Å². The Bertz CT molecular complexity index is 1350. The Hall–Kier alpha value is -2.47. The lowest BCUT2D eigenvalue weighted by atomic mass is 10.0. The maximum atomic E-state index is 15.4. The van der Waals surface area contributed by atoms with Gasteiger partial charge in [-0.15, -0.1) is 0 Å². The normalized spacial score (nSPS) is 28.9. The molecule has 3 aromatic rings. The minimum absolute atomic E-state index is 0.130. The van der Waals surface area contributed by atoms with Crippen molar-refractivity contribution in [3.63, 3.8) is 0 Å². The van der Waals surface area contributed by atoms with Gasteiger partial charge in [-0.3, -0.25) is 0 Å². The SMILES string of the molecule is CC(C)n1c([C@@H]2CCC(F)(F)C2)nc2c(F)cc(-c3nc(N[C@@H]4C[C@@H]5OC[C@@H](O5)[C@H]4O)ncc3Cl)cc21. The van der Waals surface area contributed by atoms with Crippen LogP contribution in [0.25, 0.3) is 22.3 Å². The molecule has 3 fully saturated rings. The highest BCUT2D eigenvalue weighted by molar-refractivity contribution is 6.33. The molecule has 0 unspecified atom stereocenters. The number of anilines is 1. The Balaban J connectivity index is 1.37. The molecule has 6 rings (SSSR count). The average Bonchev–Trinajstić information content (AvgIpc) is 3.53. The van der Waals surface area contributed by atoms with Crippen LogP contribution in [0.1, 0.15) is 57.3 Å². The molecule has 0 spiro atoms. The third-order valence-electron chi connectivity index (χ3n) is 7.41. The maximum Gasteiger partial charge on any atom is 0.248 e. The average molecular weight is 538 g/mol. The van der Waals surface area contributed by atoms with Gasteiger partial charge in [-0.05, 0) is 32.4 Å². The van der Waals surface area contributed by atoms with E-state index < -0.39 is 42.2 Å². The summed E-state index contributed by atoms with van der Waals surface area (Å²) in [5, 5.41) is 13.9. The fourth-order valence-electron chi connectivity index (χ4n) is 5.64. The number of hydrogen-bond donors (Lipinski definition) is 2. The van der Waals surface area contributed by atoms with Crippen LogP contribution < -0.4 is 5.32 Å². The van der Waals surface area contributed by atoms with E-state index in [2.05, 4.69) is 20.3 Å². The van der Waals surface area contributed by atoms with Gasteiger partial charge in [-0.2, -0.15) is 0 Å². The number of imidazole rings is 1. The first kappa shape index (κ1) is 24.8. The third-order valence-corrected chi connectivity index (χ3v) is 7.68. The Morgan fingerprint density at radius 1 is 1.27 bits per heavy atom. The minimum Gasteiger partial charge on any atom is -0.388 e. The molecule has 1 aliphatic carbocycles. The van der Waals surface area contributed by atoms with Crippen LogP contribution in [0.3, 0.4) is 0 Å². The summed E-state index contributed by atoms with van der Waals surface area (Å²) in [6.45, 7) is 4.15. The number of fused-ring (bicyclic) bond motifs is 3. The topological polar surface area (TPSA) is 94.3 Å². The fraction of sp³-hybridized carbons (Fsp3) is 0.560. The molecule has 2 saturated heterocycles. The molecule has 198 valence electrons. The van der Waals surface area contributed by atoms with Crippen LogP contribution in [-0.2, 0) is 9.47 Å². The zero-order valence-corrected chi connectivity index (χ0v) is 21.1. The first-order valence-corrected chi connectivity index (χ1v) is 12.8. The molecule has 1 saturated carbocycles. The zero-order chi connectivity index (χ0) is 26.1. The number of hydrogen-bond acceptors (Lipinski definition) is 7. The molecule has 8 nitrogen and oxygen atoms in total. The highest BCUT2D eigenvalue weighted by atomic mass is 35.5. The predicted molar refractivity (Wildman–Crippen MR) is 130 cm³/mol. The summed E-state index contributed by atoms with van der Waals surface area (Å²) < 4.78 is 56.2. The van der Waals surface area contributed by atoms with Gasteiger partial charge < -0.3 is 24.5 Å². The number of alkyl halides is 2. The Morgan fingerprint density at radius 2 is 2.08 bits per heavy atom. The molecule has 5 atom stereocenters. The van der Waals surface area contributed by atoms with Crippen molar-refractivity contribution in [3.05, 3.63) is 35.0 Å². The number of rotatable bonds is 5. The van der Waals surface area contributed by atoms with Gasteiger partial charge in [0.2, 0.25) is 11.9 Å². The molecule has 3 aliphatic rings. The fourth-order valence-corrected chi connectivity index (χ4v) is 5.84. The number of aliphatic hydroxyl groups excluding tert-OH is 1. The highest BCUT2D eigenvalue weighted by Crippen LogP contribution is 2.45. The lowest BCUT2D eigenvalue weighted by Crippen LogP contribution is -2.48. The van der Waals surface area contributed by atoms with Gasteiger partial charge in [0.25, 0.3) is 0 Å². The summed E-state index contributed by atoms with van der Waals surface area (Å²) in [6, 6.07) is 2.50. The van der Waals surface area contributed by atoms with Crippen LogP contribution in [0.4, 0.5) is 19.1 Å². The van der Waals surface area contributed by atoms with Crippen LogP contribution >= 0.6 is 11.6 Å². The van der Waals surface area contributed by atoms with Crippen molar-refractivity contribution < 1.29 is 27.8 Å². The second kappa shape index (κ2) is 9.07. The first-order chi connectivity index (χ1) is 17.6. The minimum atomic E-state index is -2.74. The standard InChI is InChI=1S/C25H27ClF3N5O3/c1-11(2)34-17-6-13(5-15(27)21(17)32-23(34)12-3-4-25(28,29)8-12)20-14(26)9-30-24(33-20)31-16-7-19-36-10-18(37-19)22(16)35/h5-6,9,11-12,16,18-19,22,35H,3-4,7-8,10H2,1-2H3,(H,30,31,33)/t12-,16-,18-,19-,22+/m1/s1. The largest absolute Gasteiger partial charge is 0.388 e. The van der Waals surface area contributed by atoms with E-state index in [1.165, 1.54) is 12.3 Å². The van der Waals surface area contributed by atoms with Crippen molar-refractivity contribution in [1.82, 2.24) is 19.5 Å². The number of halogens is 4. The number of aromatic nitrogens is 4. The number of nitrogens with zero attached hydrogens (tertiary/aromatic N) is 4. The molecule has 0 radical (unpaired) electrons. The number of aliphatic hydroxyl groups is 1. The molecular weight excluding hydrogens is 511 g/mol. The quantitative estimate of drug-likeness (QED) is 0.470. The van der Waals surface area contributed by atoms with Gasteiger partial charge in [0.15, 0.2) is 12.1 Å². The summed E-state index contributed by atoms with van der Waals surface area (Å²) in [4.78, 5) is 13.2. The third kappa shape index (κ3) is 4.45. The van der Waals surface area contributed by atoms with Crippen molar-refractivity contribution in [2.75, 3.05) is 11.9 Å². The van der Waals surface area contributed by atoms with E-state index in [1.54, 1.807) is 6.07 Å². The predicted octanol–water partition coefficient (Wildman–Crippen LogP) is 5.06. The molecule has 0 amide bonds. The van der Waals surface area contributed by atoms with Crippen LogP contribution in [0.15, 0.2) is 18.3 Å². The van der Waals surface area contributed by atoms with Crippen LogP contribution in [0.2, 0.25) is 5.02 Å². The molecule has 2 N–H and O–H groups in total. The van der Waals surface area contributed by atoms with Crippen LogP contribution in [-0.4, -0.2) is 61.7 Å². The van der Waals surface area contributed by atoms with Crippen molar-refractivity contribution >= 4 is 28.6 Å². The molecule has 2 bridgehead atoms. The second-order valence-corrected chi connectivity index (χ2v) is 10.8. The van der Waals surface area contributed by atoms with Crippen molar-refractivity contribution in [3.8, 4) is 11.3 Å². The molecule has 12 heteroatoms. The van der Waals surface area contributed by atoms with Crippen molar-refractivity contribution in [1.29, 1.82) is 0 Å². The monoisotopic (exact) mass is 537 g/mol. The number of nitrogens with one attached hydrogen (secondary N) is 1. The van der Waals surface area contributed by atoms with Gasteiger partial charge in [0.1, 0.15) is 23.5 Å². The van der Waals surface area contributed by atoms with Crippen molar-refractivity contribution in [2.45, 2.75) is 82.0 Å². The van der Waals surface area contributed by atoms with Crippen molar-refractivity contribution in [2.24, 2.45) is 0 Å². The van der Waals surface area contributed by atoms with E-state index in [0.717, 1.165) is 0 Å². The van der Waals surface area contributed by atoms with Gasteiger partial charge in [-0.25, -0.2) is 28.1 Å². The second-order valence-electron chi connectivity index (χ2n) is 10.4. The summed E-state index contributed by atoms with van der Waals surface area (Å²) in [7, 11) is 0. The molecule has 4 heterocycles. The molecule has 37 heavy (non-hydrogen) atoms. The lowest BCUT2D eigenvalue weighted by Gasteiger charge is -2.32. The highest BCUT2D eigenvalue weighted by Gasteiger charge is 2.44. The zero-order valence-electron chi connectivity index (χ0n) is 20.3. The molecular formula is C25H27ClF3N5O3. The summed E-state index contributed by atoms with van der Waals surface area (Å²) in [5.74, 6) is -3.08. The van der Waals surface area contributed by atoms with Crippen LogP contribution in [0.5, 0.6) is 0 Å². The van der Waals surface area contributed by atoms with Gasteiger partial charge >= 0.3 is 0 Å². The van der Waals surface area contributed by atoms with E-state index in [0.29, 0.717) is 42.0 Å². The molecule has 2 aliphatic heterocycles. The Morgan fingerprint density at radius 3 is 2.81 bits per heavy atom. The van der Waals surface area contributed by atoms with E-state index in [4.69, 9.17) is 21.1 Å². The summed E-state index contributed by atoms with van der Waals surface area (Å²) in [5.41, 5.74) is 1.33. The lowest BCUT2D eigenvalue weighted by molar-refractivity contribution is -0.123. The van der Waals surface area contributed by atoms with E-state index in [9.17, 15) is 13.9 Å². The van der Waals surface area contributed by atoms with E-state index >= 15 is 4.39 Å². The van der Waals surface area contributed by atoms with Gasteiger partial charge in [-0.1, -0.05) is 11.6 Å². The van der Waals surface area contributed by atoms with E-state index in [1.807, 2.05) is 18.4 Å². The smallest absolute Gasteiger partial charge is 0.248 e. The maximum absolute atomic E-state index is 15.4. The number of benzene rings is 1. The summed E-state index contributed by atoms with van der Waals surface area (Å²) in [6.07, 6.45) is -0.00692. The summed E-state index contributed by atoms with van der Waals surface area (Å²) >= 11 is 6.43. The number of ether oxygens (including phenoxy) is 2. The van der Waals surface area contributed by atoms with Gasteiger partial charge in [0, 0.05) is 36.8 Å².